The number of nitrogens with one attached hydrogen (secondary N) is 2. The highest BCUT2D eigenvalue weighted by Gasteiger charge is 2.19. The number of hydrogen-bond acceptors (Lipinski definition) is 4. The van der Waals surface area contributed by atoms with E-state index >= 15 is 0 Å². The Kier molecular flexibility index (Phi) is 6.87. The van der Waals surface area contributed by atoms with Crippen molar-refractivity contribution < 1.29 is 9.59 Å². The number of pyridine rings is 2. The molecule has 0 atom stereocenters. The van der Waals surface area contributed by atoms with Gasteiger partial charge >= 0.3 is 0 Å². The molecular weight excluding hydrogens is 430 g/mol. The van der Waals surface area contributed by atoms with Crippen LogP contribution in [0.5, 0.6) is 0 Å². The zero-order valence-electron chi connectivity index (χ0n) is 19.2. The Hall–Kier alpha value is -4.20. The first kappa shape index (κ1) is 23.0. The summed E-state index contributed by atoms with van der Waals surface area (Å²) < 4.78 is 3.61. The van der Waals surface area contributed by atoms with E-state index in [-0.39, 0.29) is 17.7 Å². The molecule has 0 aliphatic rings. The fraction of sp³-hybridized carbons (Fsp3) is 0.231. The van der Waals surface area contributed by atoms with Gasteiger partial charge in [0.25, 0.3) is 11.8 Å². The molecule has 3 heterocycles. The number of fused-ring (bicyclic) bond motifs is 1. The Morgan fingerprint density at radius 3 is 2.47 bits per heavy atom. The van der Waals surface area contributed by atoms with E-state index in [9.17, 15) is 14.4 Å². The number of aryl methyl sites for hydroxylation is 3. The van der Waals surface area contributed by atoms with Crippen molar-refractivity contribution in [3.63, 3.8) is 0 Å². The van der Waals surface area contributed by atoms with Gasteiger partial charge in [0, 0.05) is 38.4 Å². The second-order valence-electron chi connectivity index (χ2n) is 8.21. The standard InChI is InChI=1S/C26H27N5O3/c1-18-10-12-31-15-20(29-23(31)13-18)14-28-26(34)22-17-30(16-21(24(22)32)25(33)27-2)11-6-9-19-7-4-3-5-8-19/h3-5,7-8,10,12-13,15-17H,6,9,11,14H2,1-2H3,(H,27,33)(H,28,34). The van der Waals surface area contributed by atoms with Crippen LogP contribution >= 0.6 is 0 Å². The summed E-state index contributed by atoms with van der Waals surface area (Å²) in [4.78, 5) is 42.6. The van der Waals surface area contributed by atoms with Crippen molar-refractivity contribution in [2.45, 2.75) is 32.9 Å². The Balaban J connectivity index is 1.52. The van der Waals surface area contributed by atoms with Gasteiger partial charge in [0.2, 0.25) is 5.43 Å². The summed E-state index contributed by atoms with van der Waals surface area (Å²) in [5.41, 5.74) is 3.03. The van der Waals surface area contributed by atoms with Crippen LogP contribution in [-0.2, 0) is 19.5 Å². The van der Waals surface area contributed by atoms with Gasteiger partial charge in [-0.25, -0.2) is 4.98 Å². The number of benzene rings is 1. The molecule has 0 aliphatic carbocycles. The van der Waals surface area contributed by atoms with E-state index in [1.165, 1.54) is 25.0 Å². The number of amides is 2. The lowest BCUT2D eigenvalue weighted by atomic mass is 10.1. The van der Waals surface area contributed by atoms with Crippen molar-refractivity contribution in [2.75, 3.05) is 7.05 Å². The van der Waals surface area contributed by atoms with Crippen molar-refractivity contribution in [1.82, 2.24) is 24.6 Å². The third-order valence-corrected chi connectivity index (χ3v) is 5.62. The maximum atomic E-state index is 12.9. The molecule has 0 aliphatic heterocycles. The van der Waals surface area contributed by atoms with Crippen LogP contribution in [-0.4, -0.2) is 32.8 Å². The largest absolute Gasteiger partial charge is 0.355 e. The van der Waals surface area contributed by atoms with Crippen molar-refractivity contribution in [3.05, 3.63) is 105 Å². The van der Waals surface area contributed by atoms with Gasteiger partial charge < -0.3 is 19.6 Å². The monoisotopic (exact) mass is 457 g/mol. The van der Waals surface area contributed by atoms with Gasteiger partial charge in [-0.1, -0.05) is 30.3 Å². The van der Waals surface area contributed by atoms with Crippen molar-refractivity contribution in [2.24, 2.45) is 0 Å². The average molecular weight is 458 g/mol. The van der Waals surface area contributed by atoms with E-state index in [1.54, 1.807) is 4.57 Å². The van der Waals surface area contributed by atoms with Crippen LogP contribution in [0.3, 0.4) is 0 Å². The fourth-order valence-corrected chi connectivity index (χ4v) is 3.82. The third kappa shape index (κ3) is 5.23. The number of nitrogens with zero attached hydrogens (tertiary/aromatic N) is 3. The summed E-state index contributed by atoms with van der Waals surface area (Å²) in [5.74, 6) is -1.06. The highest BCUT2D eigenvalue weighted by atomic mass is 16.2. The predicted octanol–water partition coefficient (Wildman–Crippen LogP) is 2.73. The van der Waals surface area contributed by atoms with E-state index in [1.807, 2.05) is 54.0 Å². The van der Waals surface area contributed by atoms with E-state index in [0.29, 0.717) is 12.2 Å². The molecule has 0 unspecified atom stereocenters. The topological polar surface area (TPSA) is 97.5 Å². The lowest BCUT2D eigenvalue weighted by Crippen LogP contribution is -2.34. The molecule has 0 saturated carbocycles. The van der Waals surface area contributed by atoms with Crippen molar-refractivity contribution in [3.8, 4) is 0 Å². The van der Waals surface area contributed by atoms with Gasteiger partial charge in [-0.05, 0) is 43.0 Å². The molecule has 0 bridgehead atoms. The molecule has 174 valence electrons. The number of rotatable bonds is 8. The van der Waals surface area contributed by atoms with Gasteiger partial charge in [-0.3, -0.25) is 14.4 Å². The SMILES string of the molecule is CNC(=O)c1cn(CCCc2ccccc2)cc(C(=O)NCc2cn3ccc(C)cc3n2)c1=O. The average Bonchev–Trinajstić information content (AvgIpc) is 3.25. The van der Waals surface area contributed by atoms with Crippen molar-refractivity contribution in [1.29, 1.82) is 0 Å². The first-order valence-electron chi connectivity index (χ1n) is 11.2. The normalized spacial score (nSPS) is 10.9. The first-order valence-corrected chi connectivity index (χ1v) is 11.2. The lowest BCUT2D eigenvalue weighted by Gasteiger charge is -2.12. The van der Waals surface area contributed by atoms with E-state index < -0.39 is 17.2 Å². The Morgan fingerprint density at radius 2 is 1.74 bits per heavy atom. The van der Waals surface area contributed by atoms with Crippen LogP contribution in [0.1, 0.15) is 44.0 Å². The van der Waals surface area contributed by atoms with Gasteiger partial charge in [-0.2, -0.15) is 0 Å². The van der Waals surface area contributed by atoms with E-state index in [0.717, 1.165) is 24.1 Å². The zero-order valence-corrected chi connectivity index (χ0v) is 19.2. The van der Waals surface area contributed by atoms with Crippen LogP contribution in [0.25, 0.3) is 5.65 Å². The zero-order chi connectivity index (χ0) is 24.1. The Bertz CT molecular complexity index is 1390. The molecule has 2 N–H and O–H groups in total. The van der Waals surface area contributed by atoms with Crippen LogP contribution in [0.2, 0.25) is 0 Å². The third-order valence-electron chi connectivity index (χ3n) is 5.62. The highest BCUT2D eigenvalue weighted by Crippen LogP contribution is 2.09. The molecule has 2 amide bonds. The molecule has 0 radical (unpaired) electrons. The second kappa shape index (κ2) is 10.2. The van der Waals surface area contributed by atoms with Gasteiger partial charge in [0.1, 0.15) is 16.8 Å². The summed E-state index contributed by atoms with van der Waals surface area (Å²) in [7, 11) is 1.46. The minimum Gasteiger partial charge on any atom is -0.355 e. The number of carbonyl (C=O) groups excluding carboxylic acids is 2. The van der Waals surface area contributed by atoms with Gasteiger partial charge in [0.05, 0.1) is 12.2 Å². The van der Waals surface area contributed by atoms with Crippen LogP contribution in [0.15, 0.2) is 72.0 Å². The quantitative estimate of drug-likeness (QED) is 0.425. The highest BCUT2D eigenvalue weighted by molar-refractivity contribution is 5.99. The van der Waals surface area contributed by atoms with Crippen LogP contribution in [0.4, 0.5) is 0 Å². The summed E-state index contributed by atoms with van der Waals surface area (Å²) in [6.45, 7) is 2.71. The lowest BCUT2D eigenvalue weighted by molar-refractivity contribution is 0.0948. The van der Waals surface area contributed by atoms with E-state index in [2.05, 4.69) is 27.8 Å². The fourth-order valence-electron chi connectivity index (χ4n) is 3.82. The molecule has 0 spiro atoms. The van der Waals surface area contributed by atoms with Gasteiger partial charge in [0.15, 0.2) is 0 Å². The first-order chi connectivity index (χ1) is 16.4. The molecule has 8 nitrogen and oxygen atoms in total. The summed E-state index contributed by atoms with van der Waals surface area (Å²) in [5, 5.41) is 5.24. The molecule has 1 aromatic carbocycles. The molecule has 3 aromatic heterocycles. The minimum absolute atomic E-state index is 0.0573. The summed E-state index contributed by atoms with van der Waals surface area (Å²) in [6.07, 6.45) is 8.40. The maximum absolute atomic E-state index is 12.9. The molecule has 4 rings (SSSR count). The molecule has 4 aromatic rings. The molecular formula is C26H27N5O3. The van der Waals surface area contributed by atoms with Crippen molar-refractivity contribution >= 4 is 17.5 Å². The predicted molar refractivity (Wildman–Crippen MR) is 130 cm³/mol. The van der Waals surface area contributed by atoms with Crippen LogP contribution in [0, 0.1) is 6.92 Å². The maximum Gasteiger partial charge on any atom is 0.257 e. The Morgan fingerprint density at radius 1 is 1.00 bits per heavy atom. The second-order valence-corrected chi connectivity index (χ2v) is 8.21. The molecule has 0 fully saturated rings. The minimum atomic E-state index is -0.596. The van der Waals surface area contributed by atoms with Gasteiger partial charge in [-0.15, -0.1) is 0 Å². The molecule has 34 heavy (non-hydrogen) atoms. The molecule has 0 saturated heterocycles. The number of carbonyl (C=O) groups is 2. The number of aromatic nitrogens is 3. The van der Waals surface area contributed by atoms with E-state index in [4.69, 9.17) is 0 Å². The number of imidazole rings is 1. The summed E-state index contributed by atoms with van der Waals surface area (Å²) >= 11 is 0. The summed E-state index contributed by atoms with van der Waals surface area (Å²) in [6, 6.07) is 14.0. The Labute approximate surface area is 197 Å². The number of hydrogen-bond donors (Lipinski definition) is 2. The molecule has 8 heteroatoms. The smallest absolute Gasteiger partial charge is 0.257 e. The van der Waals surface area contributed by atoms with Crippen LogP contribution < -0.4 is 16.1 Å².